The van der Waals surface area contributed by atoms with Gasteiger partial charge in [0.15, 0.2) is 0 Å². The molecule has 0 N–H and O–H groups in total. The third kappa shape index (κ3) is 4.28. The fourth-order valence-electron chi connectivity index (χ4n) is 2.96. The summed E-state index contributed by atoms with van der Waals surface area (Å²) in [6.07, 6.45) is 2.73. The van der Waals surface area contributed by atoms with Crippen LogP contribution in [0.2, 0.25) is 0 Å². The zero-order valence-corrected chi connectivity index (χ0v) is 17.3. The summed E-state index contributed by atoms with van der Waals surface area (Å²) in [5.41, 5.74) is 7.38. The van der Waals surface area contributed by atoms with Gasteiger partial charge in [-0.3, -0.25) is 0 Å². The molecule has 0 aliphatic heterocycles. The molecule has 5 heteroatoms. The average Bonchev–Trinajstić information content (AvgIpc) is 2.93. The van der Waals surface area contributed by atoms with Crippen LogP contribution in [0.15, 0.2) is 24.4 Å². The van der Waals surface area contributed by atoms with E-state index in [1.54, 1.807) is 7.11 Å². The molecule has 0 atom stereocenters. The first kappa shape index (κ1) is 20.4. The van der Waals surface area contributed by atoms with E-state index in [4.69, 9.17) is 15.0 Å². The van der Waals surface area contributed by atoms with E-state index in [9.17, 15) is 0 Å². The van der Waals surface area contributed by atoms with Gasteiger partial charge in [-0.2, -0.15) is 5.26 Å². The summed E-state index contributed by atoms with van der Waals surface area (Å²) in [4.78, 5) is 9.56. The van der Waals surface area contributed by atoms with Crippen LogP contribution in [0.3, 0.4) is 0 Å². The van der Waals surface area contributed by atoms with Crippen molar-refractivity contribution < 1.29 is 4.74 Å². The number of rotatable bonds is 3. The summed E-state index contributed by atoms with van der Waals surface area (Å²) >= 11 is 0. The Hall–Kier alpha value is -2.87. The van der Waals surface area contributed by atoms with Crippen molar-refractivity contribution >= 4 is 11.0 Å². The number of hydrogen-bond donors (Lipinski definition) is 0. The van der Waals surface area contributed by atoms with Crippen molar-refractivity contribution in [2.24, 2.45) is 7.05 Å². The Balaban J connectivity index is 0.000000596. The molecule has 0 saturated carbocycles. The van der Waals surface area contributed by atoms with Crippen molar-refractivity contribution in [3.05, 3.63) is 41.2 Å². The van der Waals surface area contributed by atoms with Crippen molar-refractivity contribution in [2.75, 3.05) is 7.11 Å². The summed E-state index contributed by atoms with van der Waals surface area (Å²) in [6, 6.07) is 8.24. The second-order valence-corrected chi connectivity index (χ2v) is 6.90. The number of pyridine rings is 2. The molecule has 0 fully saturated rings. The van der Waals surface area contributed by atoms with Gasteiger partial charge in [0, 0.05) is 25.4 Å². The lowest BCUT2D eigenvalue weighted by molar-refractivity contribution is 0.397. The van der Waals surface area contributed by atoms with Gasteiger partial charge >= 0.3 is 0 Å². The van der Waals surface area contributed by atoms with E-state index in [0.29, 0.717) is 18.2 Å². The fourth-order valence-corrected chi connectivity index (χ4v) is 2.96. The highest BCUT2D eigenvalue weighted by molar-refractivity contribution is 5.84. The summed E-state index contributed by atoms with van der Waals surface area (Å²) in [7, 11) is 3.72. The van der Waals surface area contributed by atoms with Crippen LogP contribution in [0.5, 0.6) is 5.88 Å². The van der Waals surface area contributed by atoms with Gasteiger partial charge in [-0.25, -0.2) is 9.97 Å². The Morgan fingerprint density at radius 2 is 1.85 bits per heavy atom. The molecule has 0 saturated heterocycles. The van der Waals surface area contributed by atoms with Gasteiger partial charge in [0.2, 0.25) is 5.88 Å². The largest absolute Gasteiger partial charge is 0.480 e. The lowest BCUT2D eigenvalue weighted by Crippen LogP contribution is -2.00. The van der Waals surface area contributed by atoms with Crippen LogP contribution in [0.1, 0.15) is 49.9 Å². The minimum atomic E-state index is 0.367. The third-order valence-corrected chi connectivity index (χ3v) is 4.41. The van der Waals surface area contributed by atoms with Crippen LogP contribution in [0, 0.1) is 25.2 Å². The minimum absolute atomic E-state index is 0.367. The average molecular weight is 364 g/mol. The molecule has 0 aromatic carbocycles. The number of fused-ring (bicyclic) bond motifs is 1. The van der Waals surface area contributed by atoms with E-state index >= 15 is 0 Å². The molecule has 0 aliphatic rings. The van der Waals surface area contributed by atoms with Crippen molar-refractivity contribution in [2.45, 2.75) is 47.0 Å². The number of ether oxygens (including phenoxy) is 1. The van der Waals surface area contributed by atoms with Crippen LogP contribution >= 0.6 is 0 Å². The van der Waals surface area contributed by atoms with Gasteiger partial charge in [-0.1, -0.05) is 20.8 Å². The molecular weight excluding hydrogens is 336 g/mol. The number of nitriles is 1. The van der Waals surface area contributed by atoms with Crippen LogP contribution in [0.4, 0.5) is 0 Å². The Kier molecular flexibility index (Phi) is 6.57. The molecule has 0 bridgehead atoms. The fraction of sp³-hybridized carbons (Fsp3) is 0.409. The molecule has 0 unspecified atom stereocenters. The van der Waals surface area contributed by atoms with E-state index in [-0.39, 0.29) is 0 Å². The number of aromatic nitrogens is 3. The Morgan fingerprint density at radius 1 is 1.19 bits per heavy atom. The van der Waals surface area contributed by atoms with Crippen LogP contribution in [-0.2, 0) is 7.05 Å². The standard InChI is InChI=1S/C19H23N3O.C3H5N/c1-11(2)15-8-7-14(19(20-15)23-6)17-12(3)9-16-18(21-17)13(4)10-22(16)5;1-2-3-4/h7-11H,1-6H3;2H2,1H3. The molecule has 0 spiro atoms. The first-order valence-electron chi connectivity index (χ1n) is 9.19. The molecule has 27 heavy (non-hydrogen) atoms. The highest BCUT2D eigenvalue weighted by atomic mass is 16.5. The van der Waals surface area contributed by atoms with Crippen LogP contribution < -0.4 is 4.74 Å². The monoisotopic (exact) mass is 364 g/mol. The molecule has 3 rings (SSSR count). The zero-order chi connectivity index (χ0) is 20.1. The maximum absolute atomic E-state index is 7.62. The van der Waals surface area contributed by atoms with Gasteiger partial charge in [0.25, 0.3) is 0 Å². The van der Waals surface area contributed by atoms with Gasteiger partial charge in [0.1, 0.15) is 0 Å². The van der Waals surface area contributed by atoms with E-state index in [2.05, 4.69) is 68.7 Å². The minimum Gasteiger partial charge on any atom is -0.480 e. The molecule has 3 heterocycles. The molecule has 0 radical (unpaired) electrons. The number of hydrogen-bond acceptors (Lipinski definition) is 4. The number of methoxy groups -OCH3 is 1. The summed E-state index contributed by atoms with van der Waals surface area (Å²) in [6.45, 7) is 10.3. The molecule has 0 amide bonds. The summed E-state index contributed by atoms with van der Waals surface area (Å²) in [5, 5.41) is 7.62. The molecule has 0 aliphatic carbocycles. The predicted octanol–water partition coefficient (Wildman–Crippen LogP) is 5.30. The quantitative estimate of drug-likeness (QED) is 0.632. The van der Waals surface area contributed by atoms with Crippen molar-refractivity contribution in [3.8, 4) is 23.2 Å². The maximum Gasteiger partial charge on any atom is 0.222 e. The van der Waals surface area contributed by atoms with E-state index in [0.717, 1.165) is 33.5 Å². The van der Waals surface area contributed by atoms with Crippen LogP contribution in [0.25, 0.3) is 22.3 Å². The maximum atomic E-state index is 7.62. The first-order valence-corrected chi connectivity index (χ1v) is 9.19. The molecular formula is C22H28N4O. The predicted molar refractivity (Wildman–Crippen MR) is 110 cm³/mol. The molecule has 142 valence electrons. The smallest absolute Gasteiger partial charge is 0.222 e. The normalized spacial score (nSPS) is 10.5. The lowest BCUT2D eigenvalue weighted by Gasteiger charge is -2.13. The third-order valence-electron chi connectivity index (χ3n) is 4.41. The van der Waals surface area contributed by atoms with Crippen molar-refractivity contribution in [1.82, 2.24) is 14.5 Å². The van der Waals surface area contributed by atoms with E-state index in [1.807, 2.05) is 13.0 Å². The summed E-state index contributed by atoms with van der Waals surface area (Å²) in [5.74, 6) is 1.01. The van der Waals surface area contributed by atoms with Gasteiger partial charge in [-0.05, 0) is 49.1 Å². The first-order chi connectivity index (χ1) is 12.8. The second kappa shape index (κ2) is 8.68. The van der Waals surface area contributed by atoms with Gasteiger partial charge in [-0.15, -0.1) is 0 Å². The second-order valence-electron chi connectivity index (χ2n) is 6.90. The zero-order valence-electron chi connectivity index (χ0n) is 17.3. The van der Waals surface area contributed by atoms with Crippen LogP contribution in [-0.4, -0.2) is 21.6 Å². The van der Waals surface area contributed by atoms with E-state index in [1.165, 1.54) is 5.56 Å². The van der Waals surface area contributed by atoms with Crippen molar-refractivity contribution in [3.63, 3.8) is 0 Å². The topological polar surface area (TPSA) is 63.7 Å². The SMILES string of the molecule is CCC#N.COc1nc(C(C)C)ccc1-c1nc2c(C)cn(C)c2cc1C. The number of aryl methyl sites for hydroxylation is 3. The van der Waals surface area contributed by atoms with Crippen molar-refractivity contribution in [1.29, 1.82) is 5.26 Å². The highest BCUT2D eigenvalue weighted by Crippen LogP contribution is 2.33. The Bertz CT molecular complexity index is 980. The lowest BCUT2D eigenvalue weighted by atomic mass is 10.0. The number of nitrogens with zero attached hydrogens (tertiary/aromatic N) is 4. The Labute approximate surface area is 161 Å². The molecule has 3 aromatic rings. The highest BCUT2D eigenvalue weighted by Gasteiger charge is 2.16. The Morgan fingerprint density at radius 3 is 2.41 bits per heavy atom. The van der Waals surface area contributed by atoms with E-state index < -0.39 is 0 Å². The molecule has 3 aromatic heterocycles. The van der Waals surface area contributed by atoms with Gasteiger partial charge < -0.3 is 9.30 Å². The summed E-state index contributed by atoms with van der Waals surface area (Å²) < 4.78 is 7.65. The van der Waals surface area contributed by atoms with Gasteiger partial charge in [0.05, 0.1) is 35.5 Å². The molecule has 5 nitrogen and oxygen atoms in total.